The Balaban J connectivity index is 1.61. The fourth-order valence-electron chi connectivity index (χ4n) is 3.12. The molecule has 0 aliphatic heterocycles. The van der Waals surface area contributed by atoms with Crippen LogP contribution in [0.2, 0.25) is 0 Å². The number of benzene rings is 2. The molecule has 0 spiro atoms. The summed E-state index contributed by atoms with van der Waals surface area (Å²) >= 11 is 0. The molecule has 0 aromatic heterocycles. The van der Waals surface area contributed by atoms with Gasteiger partial charge in [-0.2, -0.15) is 0 Å². The molecular formula is C21H23NO3. The van der Waals surface area contributed by atoms with Crippen molar-refractivity contribution in [2.45, 2.75) is 45.1 Å². The van der Waals surface area contributed by atoms with Gasteiger partial charge in [0.25, 0.3) is 5.91 Å². The number of carbonyl (C=O) groups is 2. The molecule has 2 aromatic rings. The van der Waals surface area contributed by atoms with Crippen molar-refractivity contribution in [3.63, 3.8) is 0 Å². The second kappa shape index (κ2) is 7.97. The number of anilines is 1. The third kappa shape index (κ3) is 4.47. The second-order valence-corrected chi connectivity index (χ2v) is 6.51. The number of aryl methyl sites for hydroxylation is 1. The fraction of sp³-hybridized carbons (Fsp3) is 0.333. The zero-order valence-corrected chi connectivity index (χ0v) is 14.5. The Hall–Kier alpha value is -2.62. The lowest BCUT2D eigenvalue weighted by Crippen LogP contribution is -2.21. The third-order valence-corrected chi connectivity index (χ3v) is 4.59. The van der Waals surface area contributed by atoms with Gasteiger partial charge in [0.15, 0.2) is 0 Å². The summed E-state index contributed by atoms with van der Waals surface area (Å²) in [5.74, 6) is -0.445. The number of nitrogens with one attached hydrogen (secondary N) is 1. The van der Waals surface area contributed by atoms with E-state index in [4.69, 9.17) is 4.74 Å². The minimum atomic E-state index is -0.288. The number of esters is 1. The van der Waals surface area contributed by atoms with E-state index in [2.05, 4.69) is 5.32 Å². The molecule has 1 fully saturated rings. The number of amides is 1. The van der Waals surface area contributed by atoms with Gasteiger partial charge in [-0.3, -0.25) is 4.79 Å². The molecule has 1 aliphatic carbocycles. The van der Waals surface area contributed by atoms with E-state index in [1.54, 1.807) is 30.3 Å². The summed E-state index contributed by atoms with van der Waals surface area (Å²) in [4.78, 5) is 24.5. The summed E-state index contributed by atoms with van der Waals surface area (Å²) in [5, 5.41) is 2.86. The highest BCUT2D eigenvalue weighted by Gasteiger charge is 2.18. The average molecular weight is 337 g/mol. The van der Waals surface area contributed by atoms with Crippen LogP contribution in [0, 0.1) is 6.92 Å². The zero-order chi connectivity index (χ0) is 17.6. The van der Waals surface area contributed by atoms with E-state index >= 15 is 0 Å². The number of ether oxygens (including phenoxy) is 1. The molecule has 0 saturated heterocycles. The number of hydrogen-bond acceptors (Lipinski definition) is 3. The summed E-state index contributed by atoms with van der Waals surface area (Å²) < 4.78 is 5.56. The van der Waals surface area contributed by atoms with E-state index in [0.29, 0.717) is 16.8 Å². The van der Waals surface area contributed by atoms with E-state index in [1.165, 1.54) is 6.42 Å². The predicted molar refractivity (Wildman–Crippen MR) is 97.9 cm³/mol. The van der Waals surface area contributed by atoms with Crippen LogP contribution in [-0.4, -0.2) is 18.0 Å². The summed E-state index contributed by atoms with van der Waals surface area (Å²) in [7, 11) is 0. The monoisotopic (exact) mass is 337 g/mol. The lowest BCUT2D eigenvalue weighted by Gasteiger charge is -2.21. The maximum atomic E-state index is 12.3. The zero-order valence-electron chi connectivity index (χ0n) is 14.5. The maximum absolute atomic E-state index is 12.3. The topological polar surface area (TPSA) is 55.4 Å². The molecule has 0 bridgehead atoms. The average Bonchev–Trinajstić information content (AvgIpc) is 2.63. The normalized spacial score (nSPS) is 14.8. The summed E-state index contributed by atoms with van der Waals surface area (Å²) in [6.45, 7) is 1.90. The van der Waals surface area contributed by atoms with Gasteiger partial charge in [-0.1, -0.05) is 24.6 Å². The molecule has 4 heteroatoms. The highest BCUT2D eigenvalue weighted by molar-refractivity contribution is 6.05. The summed E-state index contributed by atoms with van der Waals surface area (Å²) in [6, 6.07) is 14.3. The van der Waals surface area contributed by atoms with Crippen molar-refractivity contribution in [3.05, 3.63) is 65.2 Å². The van der Waals surface area contributed by atoms with Gasteiger partial charge in [0, 0.05) is 11.3 Å². The van der Waals surface area contributed by atoms with Gasteiger partial charge in [-0.05, 0) is 68.5 Å². The van der Waals surface area contributed by atoms with E-state index in [0.717, 1.165) is 31.2 Å². The maximum Gasteiger partial charge on any atom is 0.338 e. The van der Waals surface area contributed by atoms with Crippen LogP contribution < -0.4 is 5.32 Å². The number of hydrogen-bond donors (Lipinski definition) is 1. The molecule has 0 radical (unpaired) electrons. The molecule has 2 aromatic carbocycles. The molecule has 1 N–H and O–H groups in total. The van der Waals surface area contributed by atoms with Crippen molar-refractivity contribution >= 4 is 17.6 Å². The second-order valence-electron chi connectivity index (χ2n) is 6.51. The van der Waals surface area contributed by atoms with Gasteiger partial charge in [-0.25, -0.2) is 4.79 Å². The number of carbonyl (C=O) groups excluding carboxylic acids is 2. The van der Waals surface area contributed by atoms with Crippen molar-refractivity contribution in [1.29, 1.82) is 0 Å². The molecule has 0 heterocycles. The Bertz CT molecular complexity index is 746. The highest BCUT2D eigenvalue weighted by Crippen LogP contribution is 2.22. The van der Waals surface area contributed by atoms with Gasteiger partial charge < -0.3 is 10.1 Å². The van der Waals surface area contributed by atoms with Crippen molar-refractivity contribution in [2.75, 3.05) is 5.32 Å². The minimum absolute atomic E-state index is 0.0432. The lowest BCUT2D eigenvalue weighted by atomic mass is 9.98. The lowest BCUT2D eigenvalue weighted by molar-refractivity contribution is 0.0211. The van der Waals surface area contributed by atoms with Crippen LogP contribution in [0.3, 0.4) is 0 Å². The van der Waals surface area contributed by atoms with E-state index in [1.807, 2.05) is 25.1 Å². The van der Waals surface area contributed by atoms with Crippen LogP contribution in [0.4, 0.5) is 5.69 Å². The van der Waals surface area contributed by atoms with Crippen LogP contribution in [-0.2, 0) is 4.74 Å². The van der Waals surface area contributed by atoms with Crippen LogP contribution in [0.1, 0.15) is 58.4 Å². The molecule has 0 atom stereocenters. The molecule has 25 heavy (non-hydrogen) atoms. The molecule has 3 rings (SSSR count). The Morgan fingerprint density at radius 1 is 0.960 bits per heavy atom. The molecule has 1 aliphatic rings. The van der Waals surface area contributed by atoms with Gasteiger partial charge in [-0.15, -0.1) is 0 Å². The first-order valence-electron chi connectivity index (χ1n) is 8.81. The van der Waals surface area contributed by atoms with Crippen LogP contribution in [0.5, 0.6) is 0 Å². The van der Waals surface area contributed by atoms with E-state index in [9.17, 15) is 9.59 Å². The number of rotatable bonds is 4. The Morgan fingerprint density at radius 2 is 1.64 bits per heavy atom. The fourth-order valence-corrected chi connectivity index (χ4v) is 3.12. The van der Waals surface area contributed by atoms with Crippen molar-refractivity contribution in [1.82, 2.24) is 0 Å². The Kier molecular flexibility index (Phi) is 5.49. The van der Waals surface area contributed by atoms with Crippen molar-refractivity contribution < 1.29 is 14.3 Å². The first kappa shape index (κ1) is 17.2. The van der Waals surface area contributed by atoms with Gasteiger partial charge in [0.2, 0.25) is 0 Å². The van der Waals surface area contributed by atoms with Gasteiger partial charge in [0.1, 0.15) is 6.10 Å². The molecule has 1 saturated carbocycles. The molecule has 130 valence electrons. The first-order chi connectivity index (χ1) is 12.1. The standard InChI is InChI=1S/C21H23NO3/c1-15-7-5-6-10-19(15)20(23)22-17-13-11-16(12-14-17)21(24)25-18-8-3-2-4-9-18/h5-7,10-14,18H,2-4,8-9H2,1H3,(H,22,23). The van der Waals surface area contributed by atoms with Crippen molar-refractivity contribution in [2.24, 2.45) is 0 Å². The van der Waals surface area contributed by atoms with Crippen molar-refractivity contribution in [3.8, 4) is 0 Å². The summed E-state index contributed by atoms with van der Waals surface area (Å²) in [6.07, 6.45) is 5.43. The van der Waals surface area contributed by atoms with Crippen LogP contribution in [0.15, 0.2) is 48.5 Å². The first-order valence-corrected chi connectivity index (χ1v) is 8.81. The minimum Gasteiger partial charge on any atom is -0.459 e. The van der Waals surface area contributed by atoms with E-state index < -0.39 is 0 Å². The largest absolute Gasteiger partial charge is 0.459 e. The van der Waals surface area contributed by atoms with Crippen LogP contribution in [0.25, 0.3) is 0 Å². The molecule has 4 nitrogen and oxygen atoms in total. The van der Waals surface area contributed by atoms with E-state index in [-0.39, 0.29) is 18.0 Å². The SMILES string of the molecule is Cc1ccccc1C(=O)Nc1ccc(C(=O)OC2CCCCC2)cc1. The van der Waals surface area contributed by atoms with Crippen LogP contribution >= 0.6 is 0 Å². The Morgan fingerprint density at radius 3 is 2.32 bits per heavy atom. The third-order valence-electron chi connectivity index (χ3n) is 4.59. The smallest absolute Gasteiger partial charge is 0.338 e. The summed E-state index contributed by atoms with van der Waals surface area (Å²) in [5.41, 5.74) is 2.73. The molecule has 1 amide bonds. The quantitative estimate of drug-likeness (QED) is 0.820. The highest BCUT2D eigenvalue weighted by atomic mass is 16.5. The van der Waals surface area contributed by atoms with Gasteiger partial charge in [0.05, 0.1) is 5.56 Å². The molecule has 0 unspecified atom stereocenters. The predicted octanol–water partition coefficient (Wildman–Crippen LogP) is 4.74. The Labute approximate surface area is 148 Å². The van der Waals surface area contributed by atoms with Gasteiger partial charge >= 0.3 is 5.97 Å². The molecular weight excluding hydrogens is 314 g/mol.